The molecule has 4 rings (SSSR count). The molecule has 0 radical (unpaired) electrons. The zero-order chi connectivity index (χ0) is 18.9. The van der Waals surface area contributed by atoms with Gasteiger partial charge in [0.2, 0.25) is 10.0 Å². The highest BCUT2D eigenvalue weighted by molar-refractivity contribution is 7.89. The number of ether oxygens (including phenoxy) is 1. The number of sulfonamides is 1. The predicted molar refractivity (Wildman–Crippen MR) is 105 cm³/mol. The highest BCUT2D eigenvalue weighted by atomic mass is 32.2. The first kappa shape index (κ1) is 18.6. The molecule has 2 aromatic rings. The molecule has 2 saturated heterocycles. The Bertz CT molecular complexity index is 868. The fraction of sp³-hybridized carbons (Fsp3) is 0.429. The molecule has 1 N–H and O–H groups in total. The quantitative estimate of drug-likeness (QED) is 0.858. The molecule has 2 fully saturated rings. The number of rotatable bonds is 5. The minimum Gasteiger partial charge on any atom is -0.371 e. The molecule has 5 nitrogen and oxygen atoms in total. The van der Waals surface area contributed by atoms with Crippen LogP contribution in [0.25, 0.3) is 0 Å². The predicted octanol–water partition coefficient (Wildman–Crippen LogP) is 2.74. The van der Waals surface area contributed by atoms with Crippen LogP contribution in [0.3, 0.4) is 0 Å². The van der Waals surface area contributed by atoms with Gasteiger partial charge in [-0.15, -0.1) is 0 Å². The first-order valence-corrected chi connectivity index (χ1v) is 11.1. The molecule has 0 aliphatic carbocycles. The van der Waals surface area contributed by atoms with Gasteiger partial charge >= 0.3 is 0 Å². The number of benzene rings is 2. The SMILES string of the molecule is CCc1ccc(S(=O)(=O)N[C@@H]2C[C@H]3CO[C@@H](c4ccccc4)CN3C2)cc1. The maximum absolute atomic E-state index is 12.7. The lowest BCUT2D eigenvalue weighted by Crippen LogP contribution is -2.43. The van der Waals surface area contributed by atoms with Gasteiger partial charge in [-0.05, 0) is 36.1 Å². The van der Waals surface area contributed by atoms with Crippen LogP contribution in [0.5, 0.6) is 0 Å². The summed E-state index contributed by atoms with van der Waals surface area (Å²) < 4.78 is 34.4. The van der Waals surface area contributed by atoms with Gasteiger partial charge in [0.25, 0.3) is 0 Å². The normalized spacial score (nSPS) is 26.0. The van der Waals surface area contributed by atoms with Crippen LogP contribution in [0, 0.1) is 0 Å². The zero-order valence-corrected chi connectivity index (χ0v) is 16.4. The van der Waals surface area contributed by atoms with Gasteiger partial charge in [-0.1, -0.05) is 49.4 Å². The lowest BCUT2D eigenvalue weighted by Gasteiger charge is -2.35. The van der Waals surface area contributed by atoms with Crippen molar-refractivity contribution in [2.45, 2.75) is 42.8 Å². The second-order valence-corrected chi connectivity index (χ2v) is 9.11. The van der Waals surface area contributed by atoms with Gasteiger partial charge in [-0.3, -0.25) is 4.90 Å². The van der Waals surface area contributed by atoms with E-state index < -0.39 is 10.0 Å². The van der Waals surface area contributed by atoms with E-state index in [2.05, 4.69) is 28.7 Å². The van der Waals surface area contributed by atoms with E-state index in [0.717, 1.165) is 31.5 Å². The lowest BCUT2D eigenvalue weighted by molar-refractivity contribution is -0.0502. The van der Waals surface area contributed by atoms with Crippen LogP contribution in [-0.4, -0.2) is 45.1 Å². The Kier molecular flexibility index (Phi) is 5.32. The van der Waals surface area contributed by atoms with E-state index in [0.29, 0.717) is 11.5 Å². The first-order valence-electron chi connectivity index (χ1n) is 9.57. The lowest BCUT2D eigenvalue weighted by atomic mass is 10.1. The molecule has 6 heteroatoms. The summed E-state index contributed by atoms with van der Waals surface area (Å²) >= 11 is 0. The van der Waals surface area contributed by atoms with E-state index >= 15 is 0 Å². The summed E-state index contributed by atoms with van der Waals surface area (Å²) in [7, 11) is -3.49. The van der Waals surface area contributed by atoms with Gasteiger partial charge < -0.3 is 4.74 Å². The topological polar surface area (TPSA) is 58.6 Å². The van der Waals surface area contributed by atoms with Crippen LogP contribution >= 0.6 is 0 Å². The molecule has 2 aromatic carbocycles. The molecule has 0 amide bonds. The van der Waals surface area contributed by atoms with Crippen molar-refractivity contribution >= 4 is 10.0 Å². The minimum atomic E-state index is -3.49. The average molecular weight is 387 g/mol. The Morgan fingerprint density at radius 1 is 1.07 bits per heavy atom. The average Bonchev–Trinajstić information content (AvgIpc) is 3.09. The maximum atomic E-state index is 12.7. The highest BCUT2D eigenvalue weighted by Crippen LogP contribution is 2.30. The number of hydrogen-bond acceptors (Lipinski definition) is 4. The molecule has 0 bridgehead atoms. The smallest absolute Gasteiger partial charge is 0.240 e. The van der Waals surface area contributed by atoms with E-state index in [-0.39, 0.29) is 18.2 Å². The summed E-state index contributed by atoms with van der Waals surface area (Å²) in [6.45, 7) is 4.23. The highest BCUT2D eigenvalue weighted by Gasteiger charge is 2.39. The van der Waals surface area contributed by atoms with Gasteiger partial charge in [0.15, 0.2) is 0 Å². The summed E-state index contributed by atoms with van der Waals surface area (Å²) in [6, 6.07) is 17.6. The first-order chi connectivity index (χ1) is 13.0. The molecule has 0 saturated carbocycles. The van der Waals surface area contributed by atoms with Gasteiger partial charge in [-0.25, -0.2) is 13.1 Å². The number of nitrogens with zero attached hydrogens (tertiary/aromatic N) is 1. The third-order valence-electron chi connectivity index (χ3n) is 5.55. The molecule has 2 aliphatic rings. The fourth-order valence-electron chi connectivity index (χ4n) is 4.02. The van der Waals surface area contributed by atoms with Crippen molar-refractivity contribution in [3.63, 3.8) is 0 Å². The van der Waals surface area contributed by atoms with Crippen molar-refractivity contribution < 1.29 is 13.2 Å². The summed E-state index contributed by atoms with van der Waals surface area (Å²) in [5.74, 6) is 0. The van der Waals surface area contributed by atoms with Crippen LogP contribution < -0.4 is 4.72 Å². The molecule has 3 atom stereocenters. The third kappa shape index (κ3) is 4.09. The Hall–Kier alpha value is -1.73. The minimum absolute atomic E-state index is 0.0550. The largest absolute Gasteiger partial charge is 0.371 e. The summed E-state index contributed by atoms with van der Waals surface area (Å²) in [5, 5.41) is 0. The van der Waals surface area contributed by atoms with Crippen molar-refractivity contribution in [3.05, 3.63) is 65.7 Å². The third-order valence-corrected chi connectivity index (χ3v) is 7.09. The monoisotopic (exact) mass is 386 g/mol. The molecule has 0 aromatic heterocycles. The molecule has 0 spiro atoms. The Balaban J connectivity index is 1.40. The Labute approximate surface area is 161 Å². The van der Waals surface area contributed by atoms with Crippen molar-refractivity contribution in [2.24, 2.45) is 0 Å². The van der Waals surface area contributed by atoms with Gasteiger partial charge in [-0.2, -0.15) is 0 Å². The number of nitrogens with one attached hydrogen (secondary N) is 1. The maximum Gasteiger partial charge on any atom is 0.240 e. The van der Waals surface area contributed by atoms with E-state index in [1.54, 1.807) is 12.1 Å². The summed E-state index contributed by atoms with van der Waals surface area (Å²) in [6.07, 6.45) is 1.74. The van der Waals surface area contributed by atoms with Crippen LogP contribution in [0.4, 0.5) is 0 Å². The molecular weight excluding hydrogens is 360 g/mol. The molecule has 144 valence electrons. The second kappa shape index (κ2) is 7.72. The number of aryl methyl sites for hydroxylation is 1. The number of hydrogen-bond donors (Lipinski definition) is 1. The van der Waals surface area contributed by atoms with Gasteiger partial charge in [0.05, 0.1) is 17.6 Å². The van der Waals surface area contributed by atoms with Gasteiger partial charge in [0, 0.05) is 25.2 Å². The zero-order valence-electron chi connectivity index (χ0n) is 15.5. The van der Waals surface area contributed by atoms with E-state index in [4.69, 9.17) is 4.74 Å². The van der Waals surface area contributed by atoms with E-state index in [1.165, 1.54) is 5.56 Å². The molecule has 2 heterocycles. The molecule has 2 aliphatic heterocycles. The number of morpholine rings is 1. The van der Waals surface area contributed by atoms with Crippen LogP contribution in [0.1, 0.15) is 30.6 Å². The van der Waals surface area contributed by atoms with Crippen LogP contribution in [0.15, 0.2) is 59.5 Å². The fourth-order valence-corrected chi connectivity index (χ4v) is 5.26. The van der Waals surface area contributed by atoms with Crippen molar-refractivity contribution in [1.82, 2.24) is 9.62 Å². The van der Waals surface area contributed by atoms with Gasteiger partial charge in [0.1, 0.15) is 0 Å². The Morgan fingerprint density at radius 2 is 1.81 bits per heavy atom. The van der Waals surface area contributed by atoms with Crippen molar-refractivity contribution in [1.29, 1.82) is 0 Å². The second-order valence-electron chi connectivity index (χ2n) is 7.39. The number of fused-ring (bicyclic) bond motifs is 1. The van der Waals surface area contributed by atoms with Crippen LogP contribution in [0.2, 0.25) is 0 Å². The molecule has 27 heavy (non-hydrogen) atoms. The van der Waals surface area contributed by atoms with E-state index in [1.807, 2.05) is 30.3 Å². The summed E-state index contributed by atoms with van der Waals surface area (Å²) in [5.41, 5.74) is 2.31. The van der Waals surface area contributed by atoms with E-state index in [9.17, 15) is 8.42 Å². The molecular formula is C21H26N2O3S. The molecule has 0 unspecified atom stereocenters. The Morgan fingerprint density at radius 3 is 2.52 bits per heavy atom. The standard InChI is InChI=1S/C21H26N2O3S/c1-2-16-8-10-20(11-9-16)27(24,25)22-18-12-19-15-26-21(14-23(19)13-18)17-6-4-3-5-7-17/h3-11,18-19,21-22H,2,12-15H2,1H3/t18-,19+,21-/m1/s1. The van der Waals surface area contributed by atoms with Crippen molar-refractivity contribution in [3.8, 4) is 0 Å². The van der Waals surface area contributed by atoms with Crippen molar-refractivity contribution in [2.75, 3.05) is 19.7 Å². The van der Waals surface area contributed by atoms with Crippen LogP contribution in [-0.2, 0) is 21.2 Å². The summed E-state index contributed by atoms with van der Waals surface area (Å²) in [4.78, 5) is 2.69.